The van der Waals surface area contributed by atoms with Crippen molar-refractivity contribution in [3.63, 3.8) is 0 Å². The Morgan fingerprint density at radius 2 is 1.33 bits per heavy atom. The molecule has 0 saturated heterocycles. The molecule has 6 aromatic rings. The Bertz CT molecular complexity index is 1840. The number of halogens is 1. The van der Waals surface area contributed by atoms with Gasteiger partial charge in [-0.15, -0.1) is 0 Å². The molecule has 6 rings (SSSR count). The van der Waals surface area contributed by atoms with Crippen molar-refractivity contribution in [2.45, 2.75) is 0 Å². The van der Waals surface area contributed by atoms with E-state index < -0.39 is 0 Å². The molecule has 0 spiro atoms. The van der Waals surface area contributed by atoms with Crippen LogP contribution in [0.1, 0.15) is 5.48 Å². The third kappa shape index (κ3) is 3.63. The highest BCUT2D eigenvalue weighted by molar-refractivity contribution is 6.28. The van der Waals surface area contributed by atoms with E-state index in [4.69, 9.17) is 17.1 Å². The van der Waals surface area contributed by atoms with Crippen LogP contribution in [0.2, 0.25) is 5.28 Å². The van der Waals surface area contributed by atoms with Gasteiger partial charge in [0.1, 0.15) is 0 Å². The van der Waals surface area contributed by atoms with Crippen molar-refractivity contribution < 1.29 is 5.48 Å². The molecule has 0 radical (unpaired) electrons. The van der Waals surface area contributed by atoms with Crippen LogP contribution in [0.4, 0.5) is 0 Å². The van der Waals surface area contributed by atoms with E-state index in [-0.39, 0.29) is 46.4 Å². The van der Waals surface area contributed by atoms with Crippen LogP contribution in [0.15, 0.2) is 109 Å². The quantitative estimate of drug-likeness (QED) is 0.259. The van der Waals surface area contributed by atoms with Gasteiger partial charge >= 0.3 is 0 Å². The summed E-state index contributed by atoms with van der Waals surface area (Å²) in [6.07, 6.45) is 0. The summed E-state index contributed by atoms with van der Waals surface area (Å²) in [5, 5.41) is 4.10. The standard InChI is InChI=1S/C29H18ClN3/c30-29-32-27(22-12-6-11-21(18-22)19-8-2-1-3-9-19)31-28(33-29)26-15-7-14-24-23-13-5-4-10-20(23)16-17-25(24)26/h1-18H/i6D,11D,12D,18D. The Hall–Kier alpha value is -4.08. The van der Waals surface area contributed by atoms with E-state index in [9.17, 15) is 0 Å². The molecule has 0 bridgehead atoms. The van der Waals surface area contributed by atoms with Gasteiger partial charge in [-0.2, -0.15) is 9.97 Å². The molecule has 0 saturated carbocycles. The van der Waals surface area contributed by atoms with Gasteiger partial charge < -0.3 is 0 Å². The molecule has 0 fully saturated rings. The first-order valence-electron chi connectivity index (χ1n) is 12.4. The van der Waals surface area contributed by atoms with E-state index in [1.807, 2.05) is 48.5 Å². The summed E-state index contributed by atoms with van der Waals surface area (Å²) in [5.41, 5.74) is 1.62. The van der Waals surface area contributed by atoms with Crippen LogP contribution in [0, 0.1) is 0 Å². The van der Waals surface area contributed by atoms with Gasteiger partial charge in [-0.3, -0.25) is 0 Å². The average Bonchev–Trinajstić information content (AvgIpc) is 2.92. The molecule has 0 unspecified atom stereocenters. The fourth-order valence-electron chi connectivity index (χ4n) is 4.02. The van der Waals surface area contributed by atoms with Crippen molar-refractivity contribution in [3.05, 3.63) is 114 Å². The number of aromatic nitrogens is 3. The third-order valence-electron chi connectivity index (χ3n) is 5.55. The van der Waals surface area contributed by atoms with Gasteiger partial charge in [0.2, 0.25) is 5.28 Å². The minimum absolute atomic E-state index is 0.0217. The second-order valence-electron chi connectivity index (χ2n) is 7.56. The first-order chi connectivity index (χ1) is 17.9. The first kappa shape index (κ1) is 15.7. The van der Waals surface area contributed by atoms with Gasteiger partial charge in [0, 0.05) is 11.1 Å². The number of fused-ring (bicyclic) bond motifs is 3. The summed E-state index contributed by atoms with van der Waals surface area (Å²) in [6.45, 7) is 0. The Labute approximate surface area is 202 Å². The number of rotatable bonds is 3. The van der Waals surface area contributed by atoms with Crippen molar-refractivity contribution in [3.8, 4) is 33.9 Å². The molecule has 0 aliphatic carbocycles. The molecule has 1 heterocycles. The summed E-state index contributed by atoms with van der Waals surface area (Å²) in [7, 11) is 0. The lowest BCUT2D eigenvalue weighted by Crippen LogP contribution is -1.98. The van der Waals surface area contributed by atoms with Gasteiger partial charge in [-0.25, -0.2) is 4.98 Å². The zero-order valence-corrected chi connectivity index (χ0v) is 18.1. The highest BCUT2D eigenvalue weighted by Crippen LogP contribution is 2.33. The Balaban J connectivity index is 1.60. The predicted molar refractivity (Wildman–Crippen MR) is 136 cm³/mol. The maximum Gasteiger partial charge on any atom is 0.226 e. The molecule has 4 heteroatoms. The molecular weight excluding hydrogens is 426 g/mol. The zero-order chi connectivity index (χ0) is 25.7. The van der Waals surface area contributed by atoms with Crippen LogP contribution >= 0.6 is 11.6 Å². The molecule has 5 aromatic carbocycles. The smallest absolute Gasteiger partial charge is 0.208 e. The summed E-state index contributed by atoms with van der Waals surface area (Å²) in [4.78, 5) is 13.3. The molecule has 0 amide bonds. The van der Waals surface area contributed by atoms with E-state index in [0.29, 0.717) is 11.4 Å². The maximum atomic E-state index is 8.90. The molecule has 3 nitrogen and oxygen atoms in total. The van der Waals surface area contributed by atoms with Crippen LogP contribution in [0.5, 0.6) is 0 Å². The monoisotopic (exact) mass is 447 g/mol. The summed E-state index contributed by atoms with van der Waals surface area (Å²) >= 11 is 6.36. The van der Waals surface area contributed by atoms with E-state index in [1.54, 1.807) is 24.3 Å². The van der Waals surface area contributed by atoms with E-state index in [0.717, 1.165) is 27.1 Å². The second-order valence-corrected chi connectivity index (χ2v) is 7.89. The predicted octanol–water partition coefficient (Wildman–Crippen LogP) is 7.83. The highest BCUT2D eigenvalue weighted by atomic mass is 35.5. The van der Waals surface area contributed by atoms with Gasteiger partial charge in [-0.05, 0) is 50.3 Å². The highest BCUT2D eigenvalue weighted by Gasteiger charge is 2.13. The third-order valence-corrected chi connectivity index (χ3v) is 5.72. The molecule has 0 N–H and O–H groups in total. The minimum atomic E-state index is -0.306. The number of nitrogens with zero attached hydrogens (tertiary/aromatic N) is 3. The molecule has 1 aromatic heterocycles. The van der Waals surface area contributed by atoms with Crippen LogP contribution in [-0.4, -0.2) is 15.0 Å². The first-order valence-corrected chi connectivity index (χ1v) is 10.8. The van der Waals surface area contributed by atoms with Crippen molar-refractivity contribution >= 4 is 33.1 Å². The lowest BCUT2D eigenvalue weighted by atomic mass is 9.98. The molecule has 33 heavy (non-hydrogen) atoms. The van der Waals surface area contributed by atoms with Crippen LogP contribution in [0.25, 0.3) is 55.4 Å². The van der Waals surface area contributed by atoms with Crippen LogP contribution in [0.3, 0.4) is 0 Å². The van der Waals surface area contributed by atoms with E-state index in [2.05, 4.69) is 27.1 Å². The summed E-state index contributed by atoms with van der Waals surface area (Å²) in [6, 6.07) is 26.1. The number of hydrogen-bond donors (Lipinski definition) is 0. The topological polar surface area (TPSA) is 38.7 Å². The Morgan fingerprint density at radius 3 is 2.24 bits per heavy atom. The normalized spacial score (nSPS) is 12.9. The fourth-order valence-corrected chi connectivity index (χ4v) is 4.18. The fraction of sp³-hybridized carbons (Fsp3) is 0. The largest absolute Gasteiger partial charge is 0.226 e. The van der Waals surface area contributed by atoms with Gasteiger partial charge in [-0.1, -0.05) is 103 Å². The van der Waals surface area contributed by atoms with Crippen molar-refractivity contribution in [2.24, 2.45) is 0 Å². The molecule has 0 aliphatic heterocycles. The average molecular weight is 448 g/mol. The molecule has 156 valence electrons. The summed E-state index contributed by atoms with van der Waals surface area (Å²) < 4.78 is 34.3. The van der Waals surface area contributed by atoms with Gasteiger partial charge in [0.05, 0.1) is 5.48 Å². The number of benzene rings is 5. The second kappa shape index (κ2) is 8.12. The van der Waals surface area contributed by atoms with Crippen LogP contribution < -0.4 is 0 Å². The van der Waals surface area contributed by atoms with Gasteiger partial charge in [0.15, 0.2) is 11.6 Å². The minimum Gasteiger partial charge on any atom is -0.208 e. The zero-order valence-electron chi connectivity index (χ0n) is 21.3. The van der Waals surface area contributed by atoms with E-state index >= 15 is 0 Å². The van der Waals surface area contributed by atoms with Crippen LogP contribution in [-0.2, 0) is 0 Å². The van der Waals surface area contributed by atoms with Crippen molar-refractivity contribution in [2.75, 3.05) is 0 Å². The lowest BCUT2D eigenvalue weighted by Gasteiger charge is -2.10. The number of hydrogen-bond acceptors (Lipinski definition) is 3. The molecular formula is C29H18ClN3. The Morgan fingerprint density at radius 1 is 0.576 bits per heavy atom. The molecule has 0 aliphatic rings. The Kier molecular flexibility index (Phi) is 3.86. The van der Waals surface area contributed by atoms with Crippen molar-refractivity contribution in [1.82, 2.24) is 15.0 Å². The SMILES string of the molecule is [2H]c1c([2H])c(-c2ccccc2)c([2H])c(-c2nc(Cl)nc(-c3cccc4c3ccc3ccccc34)n2)c1[2H]. The van der Waals surface area contributed by atoms with Gasteiger partial charge in [0.25, 0.3) is 0 Å². The molecule has 0 atom stereocenters. The van der Waals surface area contributed by atoms with Crippen molar-refractivity contribution in [1.29, 1.82) is 0 Å². The lowest BCUT2D eigenvalue weighted by molar-refractivity contribution is 1.07. The maximum absolute atomic E-state index is 8.90. The van der Waals surface area contributed by atoms with E-state index in [1.165, 1.54) is 0 Å². The summed E-state index contributed by atoms with van der Waals surface area (Å²) in [5.74, 6) is 0.325.